The number of rotatable bonds is 3. The van der Waals surface area contributed by atoms with Crippen molar-refractivity contribution in [2.24, 2.45) is 0 Å². The molecular formula is C13H9Cl2N3O3S. The molecule has 0 atom stereocenters. The van der Waals surface area contributed by atoms with Crippen LogP contribution in [0, 0.1) is 10.1 Å². The van der Waals surface area contributed by atoms with Crippen LogP contribution in [0.1, 0.15) is 0 Å². The molecule has 0 heterocycles. The van der Waals surface area contributed by atoms with Gasteiger partial charge in [0, 0.05) is 11.1 Å². The number of hydrogen-bond acceptors (Lipinski definition) is 4. The molecule has 0 saturated carbocycles. The minimum absolute atomic E-state index is 0.0444. The van der Waals surface area contributed by atoms with E-state index in [0.29, 0.717) is 5.02 Å². The normalized spacial score (nSPS) is 10.1. The fourth-order valence-electron chi connectivity index (χ4n) is 1.68. The van der Waals surface area contributed by atoms with Crippen molar-refractivity contribution in [2.45, 2.75) is 0 Å². The molecule has 3 N–H and O–H groups in total. The molecule has 22 heavy (non-hydrogen) atoms. The number of anilines is 2. The molecule has 2 rings (SSSR count). The van der Waals surface area contributed by atoms with E-state index in [2.05, 4.69) is 10.6 Å². The number of phenols is 1. The Bertz CT molecular complexity index is 755. The zero-order valence-corrected chi connectivity index (χ0v) is 13.2. The van der Waals surface area contributed by atoms with E-state index < -0.39 is 4.92 Å². The summed E-state index contributed by atoms with van der Waals surface area (Å²) in [7, 11) is 0. The lowest BCUT2D eigenvalue weighted by Gasteiger charge is -2.13. The van der Waals surface area contributed by atoms with Gasteiger partial charge in [0.05, 0.1) is 15.6 Å². The molecule has 0 saturated heterocycles. The molecule has 0 aromatic heterocycles. The van der Waals surface area contributed by atoms with E-state index in [1.165, 1.54) is 24.3 Å². The van der Waals surface area contributed by atoms with Crippen LogP contribution < -0.4 is 10.6 Å². The summed E-state index contributed by atoms with van der Waals surface area (Å²) in [6.07, 6.45) is 0. The van der Waals surface area contributed by atoms with Crippen LogP contribution in [0.2, 0.25) is 10.0 Å². The minimum atomic E-state index is -0.529. The van der Waals surface area contributed by atoms with Crippen molar-refractivity contribution in [3.8, 4) is 5.75 Å². The molecule has 114 valence electrons. The van der Waals surface area contributed by atoms with Crippen LogP contribution in [-0.4, -0.2) is 15.1 Å². The standard InChI is InChI=1S/C13H9Cl2N3O3S/c14-7-5-8(15)12(19)10(6-7)17-13(22)16-9-3-1-2-4-11(9)18(20)21/h1-6,19H,(H2,16,17,22). The SMILES string of the molecule is O=[N+]([O-])c1ccccc1NC(=S)Nc1cc(Cl)cc(Cl)c1O. The monoisotopic (exact) mass is 357 g/mol. The molecule has 0 fully saturated rings. The lowest BCUT2D eigenvalue weighted by molar-refractivity contribution is -0.383. The molecule has 0 unspecified atom stereocenters. The van der Waals surface area contributed by atoms with Crippen molar-refractivity contribution in [3.63, 3.8) is 0 Å². The lowest BCUT2D eigenvalue weighted by Crippen LogP contribution is -2.19. The maximum Gasteiger partial charge on any atom is 0.292 e. The molecule has 0 aliphatic carbocycles. The van der Waals surface area contributed by atoms with Gasteiger partial charge in [-0.15, -0.1) is 0 Å². The van der Waals surface area contributed by atoms with Crippen LogP contribution in [0.3, 0.4) is 0 Å². The summed E-state index contributed by atoms with van der Waals surface area (Å²) in [6, 6.07) is 8.84. The maximum atomic E-state index is 10.9. The Hall–Kier alpha value is -2.09. The second-order valence-electron chi connectivity index (χ2n) is 4.14. The number of hydrogen-bond donors (Lipinski definition) is 3. The first kappa shape index (κ1) is 16.3. The lowest BCUT2D eigenvalue weighted by atomic mass is 10.2. The van der Waals surface area contributed by atoms with E-state index in [0.717, 1.165) is 0 Å². The second-order valence-corrected chi connectivity index (χ2v) is 5.39. The molecule has 0 aliphatic rings. The van der Waals surface area contributed by atoms with Crippen molar-refractivity contribution >= 4 is 57.6 Å². The molecule has 0 radical (unpaired) electrons. The zero-order valence-electron chi connectivity index (χ0n) is 10.8. The van der Waals surface area contributed by atoms with Crippen LogP contribution >= 0.6 is 35.4 Å². The predicted octanol–water partition coefficient (Wildman–Crippen LogP) is 4.42. The summed E-state index contributed by atoms with van der Waals surface area (Å²) in [5.41, 5.74) is 0.284. The van der Waals surface area contributed by atoms with Crippen LogP contribution in [0.25, 0.3) is 0 Å². The number of para-hydroxylation sites is 2. The molecule has 6 nitrogen and oxygen atoms in total. The number of nitrogens with one attached hydrogen (secondary N) is 2. The summed E-state index contributed by atoms with van der Waals surface area (Å²) in [6.45, 7) is 0. The fourth-order valence-corrected chi connectivity index (χ4v) is 2.39. The van der Waals surface area contributed by atoms with Crippen molar-refractivity contribution in [2.75, 3.05) is 10.6 Å². The van der Waals surface area contributed by atoms with Crippen LogP contribution in [0.15, 0.2) is 36.4 Å². The third kappa shape index (κ3) is 3.76. The Morgan fingerprint density at radius 3 is 2.50 bits per heavy atom. The summed E-state index contributed by atoms with van der Waals surface area (Å²) in [4.78, 5) is 10.4. The predicted molar refractivity (Wildman–Crippen MR) is 91.1 cm³/mol. The number of phenolic OH excluding ortho intramolecular Hbond substituents is 1. The zero-order chi connectivity index (χ0) is 16.3. The van der Waals surface area contributed by atoms with Gasteiger partial charge in [0.15, 0.2) is 10.9 Å². The Balaban J connectivity index is 2.20. The summed E-state index contributed by atoms with van der Waals surface area (Å²) >= 11 is 16.7. The van der Waals surface area contributed by atoms with E-state index in [-0.39, 0.29) is 32.9 Å². The van der Waals surface area contributed by atoms with Gasteiger partial charge in [0.25, 0.3) is 5.69 Å². The molecule has 9 heteroatoms. The van der Waals surface area contributed by atoms with Crippen molar-refractivity contribution in [1.29, 1.82) is 0 Å². The summed E-state index contributed by atoms with van der Waals surface area (Å²) in [5, 5.41) is 26.5. The molecule has 2 aromatic rings. The Morgan fingerprint density at radius 1 is 1.18 bits per heavy atom. The van der Waals surface area contributed by atoms with Gasteiger partial charge in [0.1, 0.15) is 5.69 Å². The van der Waals surface area contributed by atoms with Crippen molar-refractivity contribution in [3.05, 3.63) is 56.6 Å². The number of halogens is 2. The quantitative estimate of drug-likeness (QED) is 0.326. The number of nitrogens with zero attached hydrogens (tertiary/aromatic N) is 1. The minimum Gasteiger partial charge on any atom is -0.504 e. The van der Waals surface area contributed by atoms with Crippen LogP contribution in [-0.2, 0) is 0 Å². The Labute approximate surface area is 140 Å². The number of nitro groups is 1. The van der Waals surface area contributed by atoms with Gasteiger partial charge < -0.3 is 15.7 Å². The van der Waals surface area contributed by atoms with E-state index in [4.69, 9.17) is 35.4 Å². The first-order valence-electron chi connectivity index (χ1n) is 5.88. The Kier molecular flexibility index (Phi) is 5.02. The number of aromatic hydroxyl groups is 1. The first-order chi connectivity index (χ1) is 10.4. The van der Waals surface area contributed by atoms with Crippen molar-refractivity contribution < 1.29 is 10.0 Å². The molecule has 0 bridgehead atoms. The topological polar surface area (TPSA) is 87.4 Å². The molecule has 0 aliphatic heterocycles. The third-order valence-corrected chi connectivity index (χ3v) is 3.34. The highest BCUT2D eigenvalue weighted by molar-refractivity contribution is 7.80. The highest BCUT2D eigenvalue weighted by atomic mass is 35.5. The smallest absolute Gasteiger partial charge is 0.292 e. The van der Waals surface area contributed by atoms with Gasteiger partial charge in [-0.2, -0.15) is 0 Å². The highest BCUT2D eigenvalue weighted by Crippen LogP contribution is 2.35. The van der Waals surface area contributed by atoms with Gasteiger partial charge >= 0.3 is 0 Å². The van der Waals surface area contributed by atoms with Gasteiger partial charge in [-0.25, -0.2) is 0 Å². The first-order valence-corrected chi connectivity index (χ1v) is 7.04. The second kappa shape index (κ2) is 6.78. The third-order valence-electron chi connectivity index (χ3n) is 2.63. The fraction of sp³-hybridized carbons (Fsp3) is 0. The molecule has 0 spiro atoms. The molecule has 2 aromatic carbocycles. The number of nitro benzene ring substituents is 1. The van der Waals surface area contributed by atoms with E-state index >= 15 is 0 Å². The average molecular weight is 358 g/mol. The van der Waals surface area contributed by atoms with E-state index in [1.807, 2.05) is 0 Å². The van der Waals surface area contributed by atoms with E-state index in [1.54, 1.807) is 12.1 Å². The largest absolute Gasteiger partial charge is 0.504 e. The number of thiocarbonyl (C=S) groups is 1. The van der Waals surface area contributed by atoms with Gasteiger partial charge in [0.2, 0.25) is 0 Å². The van der Waals surface area contributed by atoms with E-state index in [9.17, 15) is 15.2 Å². The van der Waals surface area contributed by atoms with Crippen LogP contribution in [0.5, 0.6) is 5.75 Å². The maximum absolute atomic E-state index is 10.9. The summed E-state index contributed by atoms with van der Waals surface area (Å²) in [5.74, 6) is -0.224. The summed E-state index contributed by atoms with van der Waals surface area (Å²) < 4.78 is 0. The van der Waals surface area contributed by atoms with Crippen LogP contribution in [0.4, 0.5) is 17.1 Å². The molecule has 0 amide bonds. The van der Waals surface area contributed by atoms with Gasteiger partial charge in [-0.05, 0) is 30.4 Å². The highest BCUT2D eigenvalue weighted by Gasteiger charge is 2.14. The number of benzene rings is 2. The van der Waals surface area contributed by atoms with Gasteiger partial charge in [-0.1, -0.05) is 35.3 Å². The molecular weight excluding hydrogens is 349 g/mol. The van der Waals surface area contributed by atoms with Gasteiger partial charge in [-0.3, -0.25) is 10.1 Å². The average Bonchev–Trinajstić information content (AvgIpc) is 2.44. The van der Waals surface area contributed by atoms with Crippen molar-refractivity contribution in [1.82, 2.24) is 0 Å². The Morgan fingerprint density at radius 2 is 1.82 bits per heavy atom.